The van der Waals surface area contributed by atoms with E-state index in [4.69, 9.17) is 0 Å². The summed E-state index contributed by atoms with van der Waals surface area (Å²) in [6.07, 6.45) is 0.480. The third-order valence-corrected chi connectivity index (χ3v) is 4.91. The number of nitrogens with one attached hydrogen (secondary N) is 2. The van der Waals surface area contributed by atoms with Crippen LogP contribution in [0.2, 0.25) is 0 Å². The molecule has 0 unspecified atom stereocenters. The van der Waals surface area contributed by atoms with Crippen LogP contribution in [0.4, 0.5) is 10.5 Å². The molecular weight excluding hydrogens is 320 g/mol. The Kier molecular flexibility index (Phi) is 3.91. The number of carbonyl (C=O) groups is 1. The van der Waals surface area contributed by atoms with Gasteiger partial charge < -0.3 is 10.6 Å². The molecule has 0 bridgehead atoms. The maximum atomic E-state index is 11.7. The fourth-order valence-corrected chi connectivity index (χ4v) is 3.90. The number of urea groups is 1. The Balaban J connectivity index is 1.90. The van der Waals surface area contributed by atoms with Crippen LogP contribution in [0.25, 0.3) is 0 Å². The lowest BCUT2D eigenvalue weighted by molar-refractivity contribution is 0.249. The van der Waals surface area contributed by atoms with Gasteiger partial charge in [-0.25, -0.2) is 13.2 Å². The summed E-state index contributed by atoms with van der Waals surface area (Å²) in [5.74, 6) is 0.174. The summed E-state index contributed by atoms with van der Waals surface area (Å²) >= 11 is 3.30. The number of halogens is 1. The van der Waals surface area contributed by atoms with Crippen molar-refractivity contribution < 1.29 is 13.2 Å². The number of benzene rings is 1. The molecule has 1 aliphatic heterocycles. The number of anilines is 1. The largest absolute Gasteiger partial charge is 0.334 e. The Morgan fingerprint density at radius 3 is 2.78 bits per heavy atom. The first-order valence-electron chi connectivity index (χ1n) is 5.48. The van der Waals surface area contributed by atoms with Gasteiger partial charge in [-0.05, 0) is 24.6 Å². The second-order valence-electron chi connectivity index (χ2n) is 4.21. The molecule has 18 heavy (non-hydrogen) atoms. The molecule has 1 aromatic rings. The predicted molar refractivity (Wildman–Crippen MR) is 73.4 cm³/mol. The fourth-order valence-electron chi connectivity index (χ4n) is 1.83. The number of carbonyl (C=O) groups excluding carboxylic acids is 1. The third-order valence-electron chi connectivity index (χ3n) is 2.65. The highest BCUT2D eigenvalue weighted by molar-refractivity contribution is 9.10. The molecule has 2 N–H and O–H groups in total. The van der Waals surface area contributed by atoms with E-state index >= 15 is 0 Å². The Labute approximate surface area is 114 Å². The van der Waals surface area contributed by atoms with Gasteiger partial charge in [0.1, 0.15) is 0 Å². The van der Waals surface area contributed by atoms with Crippen molar-refractivity contribution >= 4 is 37.5 Å². The summed E-state index contributed by atoms with van der Waals surface area (Å²) in [4.78, 5) is 11.7. The summed E-state index contributed by atoms with van der Waals surface area (Å²) in [5, 5.41) is 5.32. The smallest absolute Gasteiger partial charge is 0.319 e. The minimum Gasteiger partial charge on any atom is -0.334 e. The molecule has 98 valence electrons. The highest BCUT2D eigenvalue weighted by Gasteiger charge is 2.28. The molecule has 1 aliphatic rings. The summed E-state index contributed by atoms with van der Waals surface area (Å²) in [6.45, 7) is 0. The number of hydrogen-bond donors (Lipinski definition) is 2. The van der Waals surface area contributed by atoms with Gasteiger partial charge in [-0.15, -0.1) is 0 Å². The quantitative estimate of drug-likeness (QED) is 0.866. The monoisotopic (exact) mass is 332 g/mol. The van der Waals surface area contributed by atoms with Gasteiger partial charge in [0.25, 0.3) is 0 Å². The molecule has 0 saturated carbocycles. The number of rotatable bonds is 2. The van der Waals surface area contributed by atoms with Crippen molar-refractivity contribution in [3.63, 3.8) is 0 Å². The maximum absolute atomic E-state index is 11.7. The van der Waals surface area contributed by atoms with Gasteiger partial charge in [-0.3, -0.25) is 0 Å². The molecule has 2 amide bonds. The van der Waals surface area contributed by atoms with E-state index in [2.05, 4.69) is 26.6 Å². The van der Waals surface area contributed by atoms with E-state index in [1.165, 1.54) is 0 Å². The van der Waals surface area contributed by atoms with E-state index in [0.717, 1.165) is 4.47 Å². The second-order valence-corrected chi connectivity index (χ2v) is 7.35. The zero-order valence-corrected chi connectivity index (χ0v) is 11.9. The second kappa shape index (κ2) is 5.27. The van der Waals surface area contributed by atoms with Crippen LogP contribution < -0.4 is 10.6 Å². The van der Waals surface area contributed by atoms with Crippen LogP contribution in [0, 0.1) is 0 Å². The topological polar surface area (TPSA) is 75.3 Å². The van der Waals surface area contributed by atoms with Gasteiger partial charge in [0.15, 0.2) is 9.84 Å². The highest BCUT2D eigenvalue weighted by Crippen LogP contribution is 2.16. The Morgan fingerprint density at radius 2 is 2.17 bits per heavy atom. The van der Waals surface area contributed by atoms with Crippen LogP contribution >= 0.6 is 15.9 Å². The Morgan fingerprint density at radius 1 is 1.39 bits per heavy atom. The lowest BCUT2D eigenvalue weighted by Gasteiger charge is -2.12. The van der Waals surface area contributed by atoms with Crippen LogP contribution in [-0.2, 0) is 9.84 Å². The van der Waals surface area contributed by atoms with Crippen LogP contribution in [-0.4, -0.2) is 32.0 Å². The van der Waals surface area contributed by atoms with Gasteiger partial charge in [-0.1, -0.05) is 22.0 Å². The Hall–Kier alpha value is -1.08. The van der Waals surface area contributed by atoms with Gasteiger partial charge in [0.2, 0.25) is 0 Å². The predicted octanol–water partition coefficient (Wildman–Crippen LogP) is 1.76. The minimum absolute atomic E-state index is 0.0267. The molecule has 0 radical (unpaired) electrons. The zero-order valence-electron chi connectivity index (χ0n) is 9.52. The average Bonchev–Trinajstić information content (AvgIpc) is 2.57. The van der Waals surface area contributed by atoms with Gasteiger partial charge >= 0.3 is 6.03 Å². The lowest BCUT2D eigenvalue weighted by atomic mass is 10.3. The van der Waals surface area contributed by atoms with Crippen LogP contribution in [0.15, 0.2) is 28.7 Å². The van der Waals surface area contributed by atoms with Crippen molar-refractivity contribution in [1.82, 2.24) is 5.32 Å². The van der Waals surface area contributed by atoms with Crippen LogP contribution in [0.1, 0.15) is 6.42 Å². The molecule has 1 saturated heterocycles. The summed E-state index contributed by atoms with van der Waals surface area (Å²) in [6, 6.07) is 6.52. The fraction of sp³-hybridized carbons (Fsp3) is 0.364. The van der Waals surface area contributed by atoms with E-state index in [0.29, 0.717) is 12.1 Å². The van der Waals surface area contributed by atoms with Crippen molar-refractivity contribution in [3.05, 3.63) is 28.7 Å². The molecule has 1 heterocycles. The highest BCUT2D eigenvalue weighted by atomic mass is 79.9. The first kappa shape index (κ1) is 13.4. The van der Waals surface area contributed by atoms with Crippen LogP contribution in [0.3, 0.4) is 0 Å². The van der Waals surface area contributed by atoms with E-state index in [1.807, 2.05) is 6.07 Å². The maximum Gasteiger partial charge on any atom is 0.319 e. The van der Waals surface area contributed by atoms with Crippen molar-refractivity contribution in [2.45, 2.75) is 12.5 Å². The molecule has 1 fully saturated rings. The normalized spacial score (nSPS) is 21.5. The van der Waals surface area contributed by atoms with E-state index < -0.39 is 9.84 Å². The van der Waals surface area contributed by atoms with Crippen molar-refractivity contribution in [1.29, 1.82) is 0 Å². The van der Waals surface area contributed by atoms with Crippen molar-refractivity contribution in [2.24, 2.45) is 0 Å². The molecule has 0 spiro atoms. The van der Waals surface area contributed by atoms with Crippen LogP contribution in [0.5, 0.6) is 0 Å². The average molecular weight is 333 g/mol. The van der Waals surface area contributed by atoms with Crippen molar-refractivity contribution in [3.8, 4) is 0 Å². The molecule has 7 heteroatoms. The molecule has 2 rings (SSSR count). The van der Waals surface area contributed by atoms with Gasteiger partial charge in [0.05, 0.1) is 11.5 Å². The molecule has 1 atom stereocenters. The summed E-state index contributed by atoms with van der Waals surface area (Å²) < 4.78 is 23.4. The van der Waals surface area contributed by atoms with E-state index in [1.54, 1.807) is 18.2 Å². The Bertz CT molecular complexity index is 559. The summed E-state index contributed by atoms with van der Waals surface area (Å²) in [7, 11) is -2.97. The SMILES string of the molecule is O=C(Nc1cccc(Br)c1)N[C@H]1CCS(=O)(=O)C1. The zero-order chi connectivity index (χ0) is 13.2. The molecule has 5 nitrogen and oxygen atoms in total. The molecule has 0 aromatic heterocycles. The third kappa shape index (κ3) is 3.71. The summed E-state index contributed by atoms with van der Waals surface area (Å²) in [5.41, 5.74) is 0.655. The number of sulfone groups is 1. The number of amides is 2. The van der Waals surface area contributed by atoms with Gasteiger partial charge in [0, 0.05) is 16.2 Å². The van der Waals surface area contributed by atoms with E-state index in [9.17, 15) is 13.2 Å². The first-order valence-corrected chi connectivity index (χ1v) is 8.09. The molecular formula is C11H13BrN2O3S. The van der Waals surface area contributed by atoms with E-state index in [-0.39, 0.29) is 23.6 Å². The first-order chi connectivity index (χ1) is 8.44. The van der Waals surface area contributed by atoms with Gasteiger partial charge in [-0.2, -0.15) is 0 Å². The minimum atomic E-state index is -2.97. The number of hydrogen-bond acceptors (Lipinski definition) is 3. The lowest BCUT2D eigenvalue weighted by Crippen LogP contribution is -2.38. The molecule has 1 aromatic carbocycles. The van der Waals surface area contributed by atoms with Crippen molar-refractivity contribution in [2.75, 3.05) is 16.8 Å². The molecule has 0 aliphatic carbocycles. The standard InChI is InChI=1S/C11H13BrN2O3S/c12-8-2-1-3-9(6-8)13-11(15)14-10-4-5-18(16,17)7-10/h1-3,6,10H,4-5,7H2,(H2,13,14,15)/t10-/m0/s1.